The van der Waals surface area contributed by atoms with Crippen LogP contribution in [0.3, 0.4) is 0 Å². The summed E-state index contributed by atoms with van der Waals surface area (Å²) in [5, 5.41) is 6.15. The fourth-order valence-corrected chi connectivity index (χ4v) is 4.53. The van der Waals surface area contributed by atoms with Crippen molar-refractivity contribution in [1.82, 2.24) is 10.2 Å². The second-order valence-corrected chi connectivity index (χ2v) is 7.93. The molecule has 2 N–H and O–H groups in total. The number of halogens is 1. The minimum absolute atomic E-state index is 0.0491. The number of urea groups is 1. The molecule has 0 spiro atoms. The number of amides is 3. The Labute approximate surface area is 175 Å². The van der Waals surface area contributed by atoms with E-state index in [-0.39, 0.29) is 30.1 Å². The summed E-state index contributed by atoms with van der Waals surface area (Å²) < 4.78 is 6.13. The van der Waals surface area contributed by atoms with Gasteiger partial charge in [0.1, 0.15) is 11.9 Å². The first-order chi connectivity index (χ1) is 14.0. The standard InChI is InChI=1S/C22H24ClN3O3/c1-24-21(27)14-5-4-6-15(11-14)25-22(28)26-16-9-10-17(26)13-18(12-16)29-20-8-3-2-7-19(20)23/h2-8,11,16-18H,9-10,12-13H2,1H3,(H,24,27)(H,25,28). The molecule has 2 fully saturated rings. The van der Waals surface area contributed by atoms with E-state index in [4.69, 9.17) is 16.3 Å². The molecule has 0 saturated carbocycles. The first kappa shape index (κ1) is 19.6. The Balaban J connectivity index is 1.41. The van der Waals surface area contributed by atoms with Gasteiger partial charge in [-0.1, -0.05) is 29.8 Å². The number of carbonyl (C=O) groups excluding carboxylic acids is 2. The Kier molecular flexibility index (Phi) is 5.62. The molecule has 2 atom stereocenters. The molecule has 0 aliphatic carbocycles. The smallest absolute Gasteiger partial charge is 0.322 e. The molecule has 2 aliphatic heterocycles. The molecule has 0 radical (unpaired) electrons. The Morgan fingerprint density at radius 3 is 2.48 bits per heavy atom. The lowest BCUT2D eigenvalue weighted by molar-refractivity contribution is 0.0733. The molecule has 4 rings (SSSR count). The number of nitrogens with one attached hydrogen (secondary N) is 2. The molecule has 2 unspecified atom stereocenters. The summed E-state index contributed by atoms with van der Waals surface area (Å²) in [7, 11) is 1.58. The maximum Gasteiger partial charge on any atom is 0.322 e. The van der Waals surface area contributed by atoms with Gasteiger partial charge in [0.2, 0.25) is 0 Å². The zero-order chi connectivity index (χ0) is 20.4. The molecule has 2 aromatic carbocycles. The van der Waals surface area contributed by atoms with Crippen molar-refractivity contribution in [3.05, 3.63) is 59.1 Å². The molecule has 6 nitrogen and oxygen atoms in total. The van der Waals surface area contributed by atoms with Gasteiger partial charge in [0.05, 0.1) is 5.02 Å². The molecule has 29 heavy (non-hydrogen) atoms. The molecule has 2 aliphatic rings. The first-order valence-electron chi connectivity index (χ1n) is 9.88. The molecule has 2 saturated heterocycles. The third kappa shape index (κ3) is 4.17. The Hall–Kier alpha value is -2.73. The third-order valence-electron chi connectivity index (χ3n) is 5.66. The van der Waals surface area contributed by atoms with Crippen molar-refractivity contribution in [2.45, 2.75) is 43.9 Å². The van der Waals surface area contributed by atoms with E-state index in [0.29, 0.717) is 22.0 Å². The second-order valence-electron chi connectivity index (χ2n) is 7.52. The van der Waals surface area contributed by atoms with Crippen molar-refractivity contribution in [1.29, 1.82) is 0 Å². The summed E-state index contributed by atoms with van der Waals surface area (Å²) >= 11 is 6.22. The van der Waals surface area contributed by atoms with Gasteiger partial charge in [0, 0.05) is 43.2 Å². The van der Waals surface area contributed by atoms with E-state index in [0.717, 1.165) is 25.7 Å². The number of piperidine rings is 1. The van der Waals surface area contributed by atoms with Gasteiger partial charge in [-0.05, 0) is 43.2 Å². The maximum atomic E-state index is 13.0. The molecular weight excluding hydrogens is 390 g/mol. The lowest BCUT2D eigenvalue weighted by Crippen LogP contribution is -2.50. The van der Waals surface area contributed by atoms with Gasteiger partial charge in [0.15, 0.2) is 0 Å². The molecule has 2 aromatic rings. The zero-order valence-corrected chi connectivity index (χ0v) is 17.0. The van der Waals surface area contributed by atoms with Gasteiger partial charge in [0.25, 0.3) is 5.91 Å². The van der Waals surface area contributed by atoms with Crippen LogP contribution in [0.2, 0.25) is 5.02 Å². The van der Waals surface area contributed by atoms with Crippen molar-refractivity contribution in [2.24, 2.45) is 0 Å². The Morgan fingerprint density at radius 1 is 1.07 bits per heavy atom. The highest BCUT2D eigenvalue weighted by molar-refractivity contribution is 6.32. The van der Waals surface area contributed by atoms with Gasteiger partial charge in [-0.15, -0.1) is 0 Å². The van der Waals surface area contributed by atoms with E-state index in [2.05, 4.69) is 10.6 Å². The number of ether oxygens (including phenoxy) is 1. The number of nitrogens with zero attached hydrogens (tertiary/aromatic N) is 1. The predicted octanol–water partition coefficient (Wildman–Crippen LogP) is 4.31. The van der Waals surface area contributed by atoms with Gasteiger partial charge in [-0.2, -0.15) is 0 Å². The minimum Gasteiger partial charge on any atom is -0.489 e. The topological polar surface area (TPSA) is 70.7 Å². The number of rotatable bonds is 4. The summed E-state index contributed by atoms with van der Waals surface area (Å²) in [5.41, 5.74) is 1.13. The summed E-state index contributed by atoms with van der Waals surface area (Å²) in [6.45, 7) is 0. The summed E-state index contributed by atoms with van der Waals surface area (Å²) in [6, 6.07) is 14.6. The lowest BCUT2D eigenvalue weighted by atomic mass is 10.00. The normalized spacial score (nSPS) is 22.8. The molecule has 2 bridgehead atoms. The maximum absolute atomic E-state index is 13.0. The van der Waals surface area contributed by atoms with Gasteiger partial charge >= 0.3 is 6.03 Å². The number of hydrogen-bond acceptors (Lipinski definition) is 3. The first-order valence-corrected chi connectivity index (χ1v) is 10.3. The van der Waals surface area contributed by atoms with Gasteiger partial charge in [-0.25, -0.2) is 4.79 Å². The Bertz CT molecular complexity index is 906. The summed E-state index contributed by atoms with van der Waals surface area (Å²) in [6.07, 6.45) is 3.56. The predicted molar refractivity (Wildman–Crippen MR) is 113 cm³/mol. The number of hydrogen-bond donors (Lipinski definition) is 2. The van der Waals surface area contributed by atoms with Crippen LogP contribution in [0, 0.1) is 0 Å². The molecule has 152 valence electrons. The van der Waals surface area contributed by atoms with Crippen LogP contribution < -0.4 is 15.4 Å². The van der Waals surface area contributed by atoms with Crippen molar-refractivity contribution >= 4 is 29.2 Å². The monoisotopic (exact) mass is 413 g/mol. The van der Waals surface area contributed by atoms with Crippen molar-refractivity contribution in [3.8, 4) is 5.75 Å². The zero-order valence-electron chi connectivity index (χ0n) is 16.2. The van der Waals surface area contributed by atoms with E-state index < -0.39 is 0 Å². The van der Waals surface area contributed by atoms with Crippen LogP contribution in [0.4, 0.5) is 10.5 Å². The highest BCUT2D eigenvalue weighted by atomic mass is 35.5. The molecule has 3 amide bonds. The average Bonchev–Trinajstić information content (AvgIpc) is 3.00. The fourth-order valence-electron chi connectivity index (χ4n) is 4.35. The van der Waals surface area contributed by atoms with Gasteiger partial charge in [-0.3, -0.25) is 4.79 Å². The van der Waals surface area contributed by atoms with E-state index in [1.165, 1.54) is 0 Å². The third-order valence-corrected chi connectivity index (χ3v) is 5.97. The van der Waals surface area contributed by atoms with Crippen molar-refractivity contribution < 1.29 is 14.3 Å². The summed E-state index contributed by atoms with van der Waals surface area (Å²) in [4.78, 5) is 26.7. The van der Waals surface area contributed by atoms with Crippen LogP contribution in [-0.4, -0.2) is 42.1 Å². The number of fused-ring (bicyclic) bond motifs is 2. The lowest BCUT2D eigenvalue weighted by Gasteiger charge is -2.38. The fraction of sp³-hybridized carbons (Fsp3) is 0.364. The van der Waals surface area contributed by atoms with Crippen LogP contribution in [0.1, 0.15) is 36.0 Å². The number of carbonyl (C=O) groups is 2. The highest BCUT2D eigenvalue weighted by Gasteiger charge is 2.44. The van der Waals surface area contributed by atoms with E-state index >= 15 is 0 Å². The van der Waals surface area contributed by atoms with Crippen LogP contribution in [0.5, 0.6) is 5.75 Å². The molecule has 7 heteroatoms. The molecule has 2 heterocycles. The summed E-state index contributed by atoms with van der Waals surface area (Å²) in [5.74, 6) is 0.515. The Morgan fingerprint density at radius 2 is 1.79 bits per heavy atom. The van der Waals surface area contributed by atoms with Crippen molar-refractivity contribution in [2.75, 3.05) is 12.4 Å². The van der Waals surface area contributed by atoms with Crippen LogP contribution in [-0.2, 0) is 0 Å². The van der Waals surface area contributed by atoms with Crippen molar-refractivity contribution in [3.63, 3.8) is 0 Å². The van der Waals surface area contributed by atoms with Crippen LogP contribution in [0.15, 0.2) is 48.5 Å². The van der Waals surface area contributed by atoms with Crippen LogP contribution >= 0.6 is 11.6 Å². The number of benzene rings is 2. The molecule has 0 aromatic heterocycles. The van der Waals surface area contributed by atoms with E-state index in [9.17, 15) is 9.59 Å². The molecular formula is C22H24ClN3O3. The number of anilines is 1. The second kappa shape index (κ2) is 8.33. The quantitative estimate of drug-likeness (QED) is 0.784. The largest absolute Gasteiger partial charge is 0.489 e. The van der Waals surface area contributed by atoms with Gasteiger partial charge < -0.3 is 20.3 Å². The van der Waals surface area contributed by atoms with E-state index in [1.54, 1.807) is 31.3 Å². The minimum atomic E-state index is -0.182. The van der Waals surface area contributed by atoms with Crippen LogP contribution in [0.25, 0.3) is 0 Å². The SMILES string of the molecule is CNC(=O)c1cccc(NC(=O)N2C3CCC2CC(Oc2ccccc2Cl)C3)c1. The number of para-hydroxylation sites is 1. The highest BCUT2D eigenvalue weighted by Crippen LogP contribution is 2.38. The van der Waals surface area contributed by atoms with E-state index in [1.807, 2.05) is 29.2 Å². The average molecular weight is 414 g/mol.